The third kappa shape index (κ3) is 7.54. The van der Waals surface area contributed by atoms with Crippen molar-refractivity contribution in [1.29, 1.82) is 0 Å². The lowest BCUT2D eigenvalue weighted by Gasteiger charge is -2.15. The molecule has 2 aromatic carbocycles. The van der Waals surface area contributed by atoms with E-state index in [1.807, 2.05) is 19.0 Å². The number of aromatic nitrogens is 2. The van der Waals surface area contributed by atoms with Crippen molar-refractivity contribution in [3.63, 3.8) is 0 Å². The van der Waals surface area contributed by atoms with Crippen LogP contribution in [0, 0.1) is 5.82 Å². The van der Waals surface area contributed by atoms with Gasteiger partial charge in [-0.1, -0.05) is 22.8 Å². The van der Waals surface area contributed by atoms with Gasteiger partial charge in [0, 0.05) is 41.2 Å². The molecule has 0 radical (unpaired) electrons. The molecule has 10 nitrogen and oxygen atoms in total. The summed E-state index contributed by atoms with van der Waals surface area (Å²) in [6, 6.07) is 7.62. The molecule has 0 unspecified atom stereocenters. The third-order valence-corrected chi connectivity index (χ3v) is 4.93. The largest absolute Gasteiger partial charge is 0.491 e. The second kappa shape index (κ2) is 12.5. The monoisotopic (exact) mass is 498 g/mol. The predicted molar refractivity (Wildman–Crippen MR) is 135 cm³/mol. The molecule has 35 heavy (non-hydrogen) atoms. The zero-order valence-electron chi connectivity index (χ0n) is 19.2. The second-order valence-corrected chi connectivity index (χ2v) is 8.06. The van der Waals surface area contributed by atoms with Gasteiger partial charge in [-0.3, -0.25) is 4.79 Å². The van der Waals surface area contributed by atoms with E-state index in [9.17, 15) is 9.18 Å². The minimum Gasteiger partial charge on any atom is -0.491 e. The molecular weight excluding hydrogens is 475 g/mol. The number of rotatable bonds is 11. The normalized spacial score (nSPS) is 11.0. The van der Waals surface area contributed by atoms with Crippen LogP contribution in [0.25, 0.3) is 21.3 Å². The quantitative estimate of drug-likeness (QED) is 0.121. The molecule has 0 saturated heterocycles. The highest BCUT2D eigenvalue weighted by atomic mass is 35.5. The summed E-state index contributed by atoms with van der Waals surface area (Å²) in [6.45, 7) is 1.17. The van der Waals surface area contributed by atoms with Crippen LogP contribution in [0.15, 0.2) is 53.9 Å². The molecule has 0 aliphatic rings. The molecule has 0 fully saturated rings. The summed E-state index contributed by atoms with van der Waals surface area (Å²) >= 11 is 5.90. The van der Waals surface area contributed by atoms with E-state index in [0.29, 0.717) is 46.8 Å². The molecule has 0 atom stereocenters. The lowest BCUT2D eigenvalue weighted by Crippen LogP contribution is -2.13. The molecule has 2 N–H and O–H groups in total. The first-order valence-corrected chi connectivity index (χ1v) is 11.0. The molecule has 1 amide bonds. The second-order valence-electron chi connectivity index (χ2n) is 7.65. The fraction of sp³-hybridized carbons (Fsp3) is 0.261. The van der Waals surface area contributed by atoms with Crippen molar-refractivity contribution in [2.24, 2.45) is 5.11 Å². The molecule has 1 aromatic heterocycles. The Morgan fingerprint density at radius 2 is 2.14 bits per heavy atom. The van der Waals surface area contributed by atoms with Crippen molar-refractivity contribution in [2.75, 3.05) is 44.4 Å². The van der Waals surface area contributed by atoms with Gasteiger partial charge in [0.1, 0.15) is 23.7 Å². The maximum atomic E-state index is 13.5. The van der Waals surface area contributed by atoms with Gasteiger partial charge in [-0.25, -0.2) is 14.4 Å². The summed E-state index contributed by atoms with van der Waals surface area (Å²) in [5.74, 6) is -0.0188. The van der Waals surface area contributed by atoms with Crippen molar-refractivity contribution < 1.29 is 13.9 Å². The zero-order valence-corrected chi connectivity index (χ0v) is 20.0. The maximum absolute atomic E-state index is 13.5. The topological polar surface area (TPSA) is 128 Å². The van der Waals surface area contributed by atoms with Gasteiger partial charge >= 0.3 is 0 Å². The summed E-state index contributed by atoms with van der Waals surface area (Å²) < 4.78 is 19.4. The lowest BCUT2D eigenvalue weighted by molar-refractivity contribution is -0.111. The van der Waals surface area contributed by atoms with Crippen LogP contribution in [0.3, 0.4) is 0 Å². The lowest BCUT2D eigenvalue weighted by atomic mass is 10.1. The number of carbonyl (C=O) groups is 1. The smallest absolute Gasteiger partial charge is 0.248 e. The number of fused-ring (bicyclic) bond motifs is 1. The van der Waals surface area contributed by atoms with Crippen LogP contribution >= 0.6 is 11.6 Å². The van der Waals surface area contributed by atoms with Crippen molar-refractivity contribution >= 4 is 45.6 Å². The molecule has 0 spiro atoms. The van der Waals surface area contributed by atoms with Gasteiger partial charge in [0.25, 0.3) is 0 Å². The highest BCUT2D eigenvalue weighted by Gasteiger charge is 2.13. The molecule has 0 aliphatic carbocycles. The van der Waals surface area contributed by atoms with E-state index in [1.165, 1.54) is 30.6 Å². The summed E-state index contributed by atoms with van der Waals surface area (Å²) in [4.78, 5) is 25.8. The van der Waals surface area contributed by atoms with Gasteiger partial charge in [-0.15, -0.1) is 0 Å². The van der Waals surface area contributed by atoms with Crippen molar-refractivity contribution in [1.82, 2.24) is 14.9 Å². The van der Waals surface area contributed by atoms with Gasteiger partial charge in [0.05, 0.1) is 22.8 Å². The Kier molecular flexibility index (Phi) is 9.19. The van der Waals surface area contributed by atoms with Crippen LogP contribution in [-0.4, -0.2) is 54.6 Å². The summed E-state index contributed by atoms with van der Waals surface area (Å²) in [5.41, 5.74) is 9.93. The standard InChI is InChI=1S/C23H24ClFN8O2/c1-33(2)9-3-5-22(34)31-20-12-16-19(13-21(20)35-10-4-8-29-32-26)27-14-28-23(16)30-15-6-7-18(25)17(24)11-15/h3,5-7,11-14H,4,8-10H2,1-2H3,(H,31,34)(H,27,28,30). The van der Waals surface area contributed by atoms with Gasteiger partial charge in [-0.2, -0.15) is 0 Å². The number of ether oxygens (including phenoxy) is 1. The average Bonchev–Trinajstić information content (AvgIpc) is 2.81. The Morgan fingerprint density at radius 1 is 1.31 bits per heavy atom. The number of carbonyl (C=O) groups excluding carboxylic acids is 1. The number of halogens is 2. The van der Waals surface area contributed by atoms with Gasteiger partial charge in [0.15, 0.2) is 0 Å². The fourth-order valence-electron chi connectivity index (χ4n) is 3.02. The Hall–Kier alpha value is -3.92. The maximum Gasteiger partial charge on any atom is 0.248 e. The first-order valence-electron chi connectivity index (χ1n) is 10.6. The Labute approximate surface area is 206 Å². The van der Waals surface area contributed by atoms with Crippen LogP contribution in [0.5, 0.6) is 5.75 Å². The predicted octanol–water partition coefficient (Wildman–Crippen LogP) is 5.30. The minimum atomic E-state index is -0.528. The Bertz CT molecular complexity index is 1280. The number of azide groups is 1. The van der Waals surface area contributed by atoms with E-state index in [1.54, 1.807) is 18.2 Å². The molecule has 3 rings (SSSR count). The number of amides is 1. The molecule has 0 bridgehead atoms. The van der Waals surface area contributed by atoms with E-state index < -0.39 is 5.82 Å². The first kappa shape index (κ1) is 25.7. The first-order chi connectivity index (χ1) is 16.9. The summed E-state index contributed by atoms with van der Waals surface area (Å²) in [6.07, 6.45) is 5.06. The van der Waals surface area contributed by atoms with Crippen LogP contribution < -0.4 is 15.4 Å². The number of likely N-dealkylation sites (N-methyl/N-ethyl adjacent to an activating group) is 1. The van der Waals surface area contributed by atoms with Crippen LogP contribution in [0.2, 0.25) is 5.02 Å². The van der Waals surface area contributed by atoms with Crippen LogP contribution in [0.1, 0.15) is 6.42 Å². The summed E-state index contributed by atoms with van der Waals surface area (Å²) in [7, 11) is 3.80. The van der Waals surface area contributed by atoms with Gasteiger partial charge < -0.3 is 20.3 Å². The van der Waals surface area contributed by atoms with E-state index in [4.69, 9.17) is 21.9 Å². The summed E-state index contributed by atoms with van der Waals surface area (Å²) in [5, 5.41) is 10.0. The van der Waals surface area contributed by atoms with Crippen molar-refractivity contribution in [3.8, 4) is 5.75 Å². The Morgan fingerprint density at radius 3 is 2.89 bits per heavy atom. The molecule has 0 saturated carbocycles. The van der Waals surface area contributed by atoms with Crippen LogP contribution in [-0.2, 0) is 4.79 Å². The van der Waals surface area contributed by atoms with Gasteiger partial charge in [0.2, 0.25) is 5.91 Å². The van der Waals surface area contributed by atoms with Crippen LogP contribution in [0.4, 0.5) is 21.6 Å². The number of nitrogens with zero attached hydrogens (tertiary/aromatic N) is 6. The molecule has 12 heteroatoms. The van der Waals surface area contributed by atoms with E-state index in [2.05, 4.69) is 30.6 Å². The Balaban J connectivity index is 1.93. The molecule has 1 heterocycles. The van der Waals surface area contributed by atoms with Gasteiger partial charge in [-0.05, 0) is 50.3 Å². The molecule has 3 aromatic rings. The molecule has 182 valence electrons. The fourth-order valence-corrected chi connectivity index (χ4v) is 3.20. The highest BCUT2D eigenvalue weighted by molar-refractivity contribution is 6.31. The molecule has 0 aliphatic heterocycles. The highest BCUT2D eigenvalue weighted by Crippen LogP contribution is 2.34. The SMILES string of the molecule is CN(C)CC=CC(=O)Nc1cc2c(Nc3ccc(F)c(Cl)c3)ncnc2cc1OCCCN=[N+]=[N-]. The number of benzene rings is 2. The molecular formula is C23H24ClFN8O2. The van der Waals surface area contributed by atoms with Crippen molar-refractivity contribution in [3.05, 3.63) is 70.1 Å². The minimum absolute atomic E-state index is 0.0257. The number of hydrogen-bond donors (Lipinski definition) is 2. The number of nitrogens with one attached hydrogen (secondary N) is 2. The third-order valence-electron chi connectivity index (χ3n) is 4.64. The van der Waals surface area contributed by atoms with E-state index in [0.717, 1.165) is 0 Å². The van der Waals surface area contributed by atoms with E-state index >= 15 is 0 Å². The number of hydrogen-bond acceptors (Lipinski definition) is 7. The average molecular weight is 499 g/mol. The van der Waals surface area contributed by atoms with E-state index in [-0.39, 0.29) is 24.1 Å². The van der Waals surface area contributed by atoms with Crippen molar-refractivity contribution in [2.45, 2.75) is 6.42 Å². The zero-order chi connectivity index (χ0) is 25.2. The number of anilines is 3.